The molecule has 2 N–H and O–H groups in total. The van der Waals surface area contributed by atoms with Gasteiger partial charge in [-0.15, -0.1) is 0 Å². The summed E-state index contributed by atoms with van der Waals surface area (Å²) in [5.74, 6) is 4.96. The van der Waals surface area contributed by atoms with E-state index in [1.807, 2.05) is 0 Å². The third-order valence-electron chi connectivity index (χ3n) is 7.02. The first-order valence-electron chi connectivity index (χ1n) is 8.71. The van der Waals surface area contributed by atoms with Gasteiger partial charge in [0.15, 0.2) is 0 Å². The lowest BCUT2D eigenvalue weighted by Crippen LogP contribution is -2.69. The number of nitrogens with zero attached hydrogens (tertiary/aromatic N) is 1. The van der Waals surface area contributed by atoms with Crippen LogP contribution >= 0.6 is 0 Å². The average Bonchev–Trinajstić information content (AvgIpc) is 3.21. The Morgan fingerprint density at radius 1 is 1.00 bits per heavy atom. The number of nitrogens with two attached hydrogens (primary N) is 1. The molecule has 0 aromatic heterocycles. The largest absolute Gasteiger partial charge is 0.329 e. The molecule has 19 heavy (non-hydrogen) atoms. The summed E-state index contributed by atoms with van der Waals surface area (Å²) in [7, 11) is 0. The van der Waals surface area contributed by atoms with Gasteiger partial charge in [-0.2, -0.15) is 0 Å². The van der Waals surface area contributed by atoms with E-state index in [1.165, 1.54) is 51.6 Å². The van der Waals surface area contributed by atoms with Crippen LogP contribution < -0.4 is 5.73 Å². The summed E-state index contributed by atoms with van der Waals surface area (Å²) in [6.07, 6.45) is 10.4. The van der Waals surface area contributed by atoms with Crippen LogP contribution in [-0.2, 0) is 0 Å². The summed E-state index contributed by atoms with van der Waals surface area (Å²) in [5.41, 5.74) is 6.81. The fourth-order valence-corrected chi connectivity index (χ4v) is 6.18. The highest BCUT2D eigenvalue weighted by molar-refractivity contribution is 5.12. The maximum absolute atomic E-state index is 6.42. The van der Waals surface area contributed by atoms with Crippen molar-refractivity contribution in [3.8, 4) is 0 Å². The first-order valence-corrected chi connectivity index (χ1v) is 8.71. The van der Waals surface area contributed by atoms with E-state index < -0.39 is 0 Å². The molecule has 0 atom stereocenters. The van der Waals surface area contributed by atoms with E-state index in [0.717, 1.165) is 36.1 Å². The summed E-state index contributed by atoms with van der Waals surface area (Å²) >= 11 is 0. The van der Waals surface area contributed by atoms with Gasteiger partial charge >= 0.3 is 0 Å². The van der Waals surface area contributed by atoms with E-state index in [4.69, 9.17) is 5.73 Å². The zero-order valence-corrected chi connectivity index (χ0v) is 12.5. The molecule has 0 amide bonds. The molecule has 5 rings (SSSR count). The highest BCUT2D eigenvalue weighted by Crippen LogP contribution is 2.60. The van der Waals surface area contributed by atoms with Crippen molar-refractivity contribution in [3.63, 3.8) is 0 Å². The van der Waals surface area contributed by atoms with Crippen molar-refractivity contribution in [2.24, 2.45) is 35.3 Å². The van der Waals surface area contributed by atoms with Crippen LogP contribution in [0, 0.1) is 29.6 Å². The molecule has 2 nitrogen and oxygen atoms in total. The Kier molecular flexibility index (Phi) is 2.97. The topological polar surface area (TPSA) is 29.3 Å². The molecule has 0 saturated heterocycles. The first-order chi connectivity index (χ1) is 9.26. The third kappa shape index (κ3) is 1.82. The molecule has 2 heteroatoms. The molecule has 0 spiro atoms. The SMILES string of the molecule is CCN(CC1CC1)C1(CN)C2CC3CC(C2)CC1C3. The highest BCUT2D eigenvalue weighted by Gasteiger charge is 2.58. The zero-order valence-electron chi connectivity index (χ0n) is 12.5. The van der Waals surface area contributed by atoms with Crippen molar-refractivity contribution < 1.29 is 0 Å². The average molecular weight is 262 g/mol. The minimum Gasteiger partial charge on any atom is -0.329 e. The van der Waals surface area contributed by atoms with Gasteiger partial charge in [0.1, 0.15) is 0 Å². The van der Waals surface area contributed by atoms with E-state index in [2.05, 4.69) is 11.8 Å². The Morgan fingerprint density at radius 3 is 2.00 bits per heavy atom. The summed E-state index contributed by atoms with van der Waals surface area (Å²) in [4.78, 5) is 2.84. The van der Waals surface area contributed by atoms with Gasteiger partial charge in [-0.3, -0.25) is 4.90 Å². The molecule has 0 aliphatic heterocycles. The zero-order chi connectivity index (χ0) is 13.0. The molecular weight excluding hydrogens is 232 g/mol. The second-order valence-corrected chi connectivity index (χ2v) is 7.98. The summed E-state index contributed by atoms with van der Waals surface area (Å²) in [6.45, 7) is 5.85. The molecule has 5 aliphatic rings. The molecule has 108 valence electrons. The lowest BCUT2D eigenvalue weighted by atomic mass is 9.48. The van der Waals surface area contributed by atoms with Crippen LogP contribution in [0.3, 0.4) is 0 Å². The van der Waals surface area contributed by atoms with Gasteiger partial charge in [-0.1, -0.05) is 6.92 Å². The number of hydrogen-bond donors (Lipinski definition) is 1. The van der Waals surface area contributed by atoms with E-state index in [-0.39, 0.29) is 0 Å². The number of hydrogen-bond acceptors (Lipinski definition) is 2. The van der Waals surface area contributed by atoms with Crippen LogP contribution in [0.25, 0.3) is 0 Å². The molecule has 4 bridgehead atoms. The second-order valence-electron chi connectivity index (χ2n) is 7.98. The van der Waals surface area contributed by atoms with Crippen LogP contribution in [0.5, 0.6) is 0 Å². The van der Waals surface area contributed by atoms with Gasteiger partial charge in [0.2, 0.25) is 0 Å². The van der Waals surface area contributed by atoms with Crippen LogP contribution in [-0.4, -0.2) is 30.1 Å². The molecule has 0 radical (unpaired) electrons. The maximum atomic E-state index is 6.42. The quantitative estimate of drug-likeness (QED) is 0.825. The van der Waals surface area contributed by atoms with Gasteiger partial charge in [-0.25, -0.2) is 0 Å². The second kappa shape index (κ2) is 4.46. The van der Waals surface area contributed by atoms with Crippen molar-refractivity contribution in [2.75, 3.05) is 19.6 Å². The third-order valence-corrected chi connectivity index (χ3v) is 7.02. The maximum Gasteiger partial charge on any atom is 0.0388 e. The fraction of sp³-hybridized carbons (Fsp3) is 1.00. The van der Waals surface area contributed by atoms with Gasteiger partial charge in [0, 0.05) is 18.6 Å². The molecule has 0 aromatic carbocycles. The van der Waals surface area contributed by atoms with E-state index in [9.17, 15) is 0 Å². The Bertz CT molecular complexity index is 319. The lowest BCUT2D eigenvalue weighted by Gasteiger charge is -2.64. The molecular formula is C17H30N2. The molecule has 0 unspecified atom stereocenters. The first kappa shape index (κ1) is 12.6. The summed E-state index contributed by atoms with van der Waals surface area (Å²) in [5, 5.41) is 0. The van der Waals surface area contributed by atoms with E-state index in [1.54, 1.807) is 6.42 Å². The fourth-order valence-electron chi connectivity index (χ4n) is 6.18. The summed E-state index contributed by atoms with van der Waals surface area (Å²) in [6, 6.07) is 0. The monoisotopic (exact) mass is 262 g/mol. The highest BCUT2D eigenvalue weighted by atomic mass is 15.2. The van der Waals surface area contributed by atoms with Crippen molar-refractivity contribution in [3.05, 3.63) is 0 Å². The Balaban J connectivity index is 1.63. The normalized spacial score (nSPS) is 48.2. The van der Waals surface area contributed by atoms with Crippen LogP contribution in [0.4, 0.5) is 0 Å². The van der Waals surface area contributed by atoms with Crippen molar-refractivity contribution in [2.45, 2.75) is 57.4 Å². The van der Waals surface area contributed by atoms with Crippen LogP contribution in [0.2, 0.25) is 0 Å². The predicted molar refractivity (Wildman–Crippen MR) is 78.8 cm³/mol. The predicted octanol–water partition coefficient (Wildman–Crippen LogP) is 2.87. The van der Waals surface area contributed by atoms with Gasteiger partial charge in [0.05, 0.1) is 0 Å². The van der Waals surface area contributed by atoms with Crippen molar-refractivity contribution in [1.82, 2.24) is 4.90 Å². The lowest BCUT2D eigenvalue weighted by molar-refractivity contribution is -0.131. The Morgan fingerprint density at radius 2 is 1.58 bits per heavy atom. The van der Waals surface area contributed by atoms with E-state index in [0.29, 0.717) is 5.54 Å². The van der Waals surface area contributed by atoms with Crippen molar-refractivity contribution >= 4 is 0 Å². The molecule has 5 aliphatic carbocycles. The molecule has 0 aromatic rings. The summed E-state index contributed by atoms with van der Waals surface area (Å²) < 4.78 is 0. The van der Waals surface area contributed by atoms with Crippen LogP contribution in [0.15, 0.2) is 0 Å². The van der Waals surface area contributed by atoms with Gasteiger partial charge in [0.25, 0.3) is 0 Å². The molecule has 0 heterocycles. The standard InChI is InChI=1S/C17H30N2/c1-2-19(10-12-3-4-12)17(11-18)15-6-13-5-14(8-15)9-16(17)7-13/h12-16H,2-11,18H2,1H3. The molecule has 5 saturated carbocycles. The number of rotatable bonds is 5. The van der Waals surface area contributed by atoms with Crippen LogP contribution in [0.1, 0.15) is 51.9 Å². The smallest absolute Gasteiger partial charge is 0.0388 e. The molecule has 5 fully saturated rings. The van der Waals surface area contributed by atoms with E-state index >= 15 is 0 Å². The number of likely N-dealkylation sites (N-methyl/N-ethyl adjacent to an activating group) is 1. The van der Waals surface area contributed by atoms with Crippen molar-refractivity contribution in [1.29, 1.82) is 0 Å². The van der Waals surface area contributed by atoms with Gasteiger partial charge in [-0.05, 0) is 81.1 Å². The van der Waals surface area contributed by atoms with Gasteiger partial charge < -0.3 is 5.73 Å². The Hall–Kier alpha value is -0.0800. The minimum atomic E-state index is 0.394. The Labute approximate surface area is 118 Å². The minimum absolute atomic E-state index is 0.394.